The molecule has 0 saturated carbocycles. The topological polar surface area (TPSA) is 38.1 Å². The number of thiazole rings is 1. The van der Waals surface area contributed by atoms with Gasteiger partial charge in [0, 0.05) is 30.9 Å². The van der Waals surface area contributed by atoms with E-state index >= 15 is 0 Å². The first-order chi connectivity index (χ1) is 9.24. The highest BCUT2D eigenvalue weighted by Gasteiger charge is 2.23. The molecule has 19 heavy (non-hydrogen) atoms. The van der Waals surface area contributed by atoms with E-state index in [0.29, 0.717) is 5.69 Å². The highest BCUT2D eigenvalue weighted by atomic mass is 32.1. The summed E-state index contributed by atoms with van der Waals surface area (Å²) in [5.41, 5.74) is 0.572. The first-order valence-corrected chi connectivity index (χ1v) is 7.50. The van der Waals surface area contributed by atoms with Gasteiger partial charge in [-0.3, -0.25) is 4.79 Å². The fraction of sp³-hybridized carbons (Fsp3) is 0.429. The maximum Gasteiger partial charge on any atom is 0.273 e. The largest absolute Gasteiger partial charge is 0.337 e. The van der Waals surface area contributed by atoms with E-state index in [1.807, 2.05) is 39.4 Å². The summed E-state index contributed by atoms with van der Waals surface area (Å²) in [6, 6.07) is 3.91. The molecule has 1 aliphatic rings. The monoisotopic (exact) mass is 275 g/mol. The van der Waals surface area contributed by atoms with Crippen molar-refractivity contribution in [2.75, 3.05) is 13.1 Å². The Balaban J connectivity index is 1.74. The molecular weight excluding hydrogens is 258 g/mol. The van der Waals surface area contributed by atoms with Gasteiger partial charge in [-0.15, -0.1) is 11.3 Å². The van der Waals surface area contributed by atoms with Gasteiger partial charge in [0.1, 0.15) is 5.69 Å². The molecule has 4 nitrogen and oxygen atoms in total. The highest BCUT2D eigenvalue weighted by Crippen LogP contribution is 2.20. The molecule has 0 bridgehead atoms. The van der Waals surface area contributed by atoms with Crippen LogP contribution < -0.4 is 0 Å². The molecule has 0 radical (unpaired) electrons. The Hall–Kier alpha value is -1.62. The number of rotatable bonds is 2. The van der Waals surface area contributed by atoms with Crippen LogP contribution in [-0.4, -0.2) is 33.4 Å². The average molecular weight is 275 g/mol. The SMILES string of the molecule is CC1CCN(C(=O)c2csc(-n3cccc3)n2)CC1. The lowest BCUT2D eigenvalue weighted by atomic mass is 9.99. The fourth-order valence-electron chi connectivity index (χ4n) is 2.32. The molecule has 3 rings (SSSR count). The molecule has 0 aliphatic carbocycles. The lowest BCUT2D eigenvalue weighted by Crippen LogP contribution is -2.38. The Morgan fingerprint density at radius 2 is 2.00 bits per heavy atom. The number of carbonyl (C=O) groups is 1. The standard InChI is InChI=1S/C14H17N3OS/c1-11-4-8-16(9-5-11)13(18)12-10-19-14(15-12)17-6-2-3-7-17/h2-3,6-7,10-11H,4-5,8-9H2,1H3. The van der Waals surface area contributed by atoms with Gasteiger partial charge in [0.2, 0.25) is 0 Å². The van der Waals surface area contributed by atoms with Gasteiger partial charge in [-0.1, -0.05) is 6.92 Å². The summed E-state index contributed by atoms with van der Waals surface area (Å²) >= 11 is 1.50. The molecule has 1 amide bonds. The molecule has 3 heterocycles. The molecule has 0 atom stereocenters. The molecule has 0 N–H and O–H groups in total. The van der Waals surface area contributed by atoms with Gasteiger partial charge in [-0.2, -0.15) is 0 Å². The quantitative estimate of drug-likeness (QED) is 0.845. The van der Waals surface area contributed by atoms with Crippen molar-refractivity contribution in [2.45, 2.75) is 19.8 Å². The maximum atomic E-state index is 12.4. The van der Waals surface area contributed by atoms with E-state index in [1.54, 1.807) is 0 Å². The van der Waals surface area contributed by atoms with Gasteiger partial charge in [-0.05, 0) is 30.9 Å². The molecule has 5 heteroatoms. The van der Waals surface area contributed by atoms with Crippen LogP contribution >= 0.6 is 11.3 Å². The van der Waals surface area contributed by atoms with Crippen molar-refractivity contribution in [2.24, 2.45) is 5.92 Å². The molecule has 1 saturated heterocycles. The number of nitrogens with zero attached hydrogens (tertiary/aromatic N) is 3. The fourth-order valence-corrected chi connectivity index (χ4v) is 3.08. The van der Waals surface area contributed by atoms with Gasteiger partial charge in [0.25, 0.3) is 5.91 Å². The van der Waals surface area contributed by atoms with Gasteiger partial charge < -0.3 is 9.47 Å². The van der Waals surface area contributed by atoms with Crippen LogP contribution in [0.2, 0.25) is 0 Å². The van der Waals surface area contributed by atoms with Crippen LogP contribution in [0.3, 0.4) is 0 Å². The Morgan fingerprint density at radius 1 is 1.32 bits per heavy atom. The van der Waals surface area contributed by atoms with Crippen molar-refractivity contribution in [1.29, 1.82) is 0 Å². The first kappa shape index (κ1) is 12.4. The molecule has 1 fully saturated rings. The van der Waals surface area contributed by atoms with Crippen molar-refractivity contribution < 1.29 is 4.79 Å². The highest BCUT2D eigenvalue weighted by molar-refractivity contribution is 7.12. The zero-order valence-electron chi connectivity index (χ0n) is 11.0. The number of hydrogen-bond acceptors (Lipinski definition) is 3. The van der Waals surface area contributed by atoms with Gasteiger partial charge in [-0.25, -0.2) is 4.98 Å². The van der Waals surface area contributed by atoms with Gasteiger partial charge >= 0.3 is 0 Å². The second-order valence-corrected chi connectivity index (χ2v) is 5.92. The summed E-state index contributed by atoms with van der Waals surface area (Å²) in [5, 5.41) is 2.70. The molecule has 1 aliphatic heterocycles. The van der Waals surface area contributed by atoms with E-state index in [1.165, 1.54) is 11.3 Å². The normalized spacial score (nSPS) is 16.8. The van der Waals surface area contributed by atoms with E-state index in [-0.39, 0.29) is 5.91 Å². The smallest absolute Gasteiger partial charge is 0.273 e. The second-order valence-electron chi connectivity index (χ2n) is 5.08. The molecule has 100 valence electrons. The number of likely N-dealkylation sites (tertiary alicyclic amines) is 1. The van der Waals surface area contributed by atoms with Crippen molar-refractivity contribution in [3.63, 3.8) is 0 Å². The summed E-state index contributed by atoms with van der Waals surface area (Å²) in [7, 11) is 0. The first-order valence-electron chi connectivity index (χ1n) is 6.62. The minimum atomic E-state index is 0.0709. The van der Waals surface area contributed by atoms with Crippen LogP contribution in [0.25, 0.3) is 5.13 Å². The van der Waals surface area contributed by atoms with E-state index in [9.17, 15) is 4.79 Å². The molecule has 2 aromatic rings. The van der Waals surface area contributed by atoms with E-state index in [2.05, 4.69) is 11.9 Å². The van der Waals surface area contributed by atoms with Crippen LogP contribution in [-0.2, 0) is 0 Å². The zero-order valence-corrected chi connectivity index (χ0v) is 11.8. The Labute approximate surface area is 116 Å². The number of carbonyl (C=O) groups excluding carboxylic acids is 1. The van der Waals surface area contributed by atoms with E-state index in [0.717, 1.165) is 37.0 Å². The number of hydrogen-bond donors (Lipinski definition) is 0. The van der Waals surface area contributed by atoms with Crippen molar-refractivity contribution in [3.8, 4) is 5.13 Å². The summed E-state index contributed by atoms with van der Waals surface area (Å²) in [6.07, 6.45) is 6.08. The number of aromatic nitrogens is 2. The van der Waals surface area contributed by atoms with E-state index in [4.69, 9.17) is 0 Å². The number of piperidine rings is 1. The lowest BCUT2D eigenvalue weighted by molar-refractivity contribution is 0.0692. The minimum Gasteiger partial charge on any atom is -0.337 e. The summed E-state index contributed by atoms with van der Waals surface area (Å²) in [4.78, 5) is 18.7. The van der Waals surface area contributed by atoms with Crippen molar-refractivity contribution >= 4 is 17.2 Å². The van der Waals surface area contributed by atoms with Crippen LogP contribution in [0.15, 0.2) is 29.9 Å². The zero-order chi connectivity index (χ0) is 13.2. The molecule has 0 aromatic carbocycles. The third-order valence-electron chi connectivity index (χ3n) is 3.61. The van der Waals surface area contributed by atoms with Crippen LogP contribution in [0.5, 0.6) is 0 Å². The maximum absolute atomic E-state index is 12.4. The van der Waals surface area contributed by atoms with Gasteiger partial charge in [0.05, 0.1) is 0 Å². The van der Waals surface area contributed by atoms with Crippen LogP contribution in [0, 0.1) is 5.92 Å². The minimum absolute atomic E-state index is 0.0709. The van der Waals surface area contributed by atoms with Crippen molar-refractivity contribution in [3.05, 3.63) is 35.6 Å². The average Bonchev–Trinajstić information content (AvgIpc) is 3.10. The predicted molar refractivity (Wildman–Crippen MR) is 75.7 cm³/mol. The number of amides is 1. The van der Waals surface area contributed by atoms with Gasteiger partial charge in [0.15, 0.2) is 5.13 Å². The van der Waals surface area contributed by atoms with Crippen LogP contribution in [0.4, 0.5) is 0 Å². The van der Waals surface area contributed by atoms with Crippen molar-refractivity contribution in [1.82, 2.24) is 14.5 Å². The Morgan fingerprint density at radius 3 is 2.68 bits per heavy atom. The lowest BCUT2D eigenvalue weighted by Gasteiger charge is -2.29. The summed E-state index contributed by atoms with van der Waals surface area (Å²) in [6.45, 7) is 3.96. The Kier molecular flexibility index (Phi) is 3.38. The third kappa shape index (κ3) is 2.56. The summed E-state index contributed by atoms with van der Waals surface area (Å²) in [5.74, 6) is 0.802. The Bertz CT molecular complexity index is 553. The third-order valence-corrected chi connectivity index (χ3v) is 4.46. The molecule has 0 spiro atoms. The molecular formula is C14H17N3OS. The molecule has 2 aromatic heterocycles. The predicted octanol–water partition coefficient (Wildman–Crippen LogP) is 2.81. The van der Waals surface area contributed by atoms with E-state index < -0.39 is 0 Å². The second kappa shape index (κ2) is 5.17. The summed E-state index contributed by atoms with van der Waals surface area (Å²) < 4.78 is 1.93. The van der Waals surface area contributed by atoms with Crippen LogP contribution in [0.1, 0.15) is 30.3 Å². The molecule has 0 unspecified atom stereocenters.